The van der Waals surface area contributed by atoms with Crippen molar-refractivity contribution in [3.8, 4) is 22.4 Å². The first kappa shape index (κ1) is 22.8. The molecule has 0 N–H and O–H groups in total. The highest BCUT2D eigenvalue weighted by Gasteiger charge is 2.34. The van der Waals surface area contributed by atoms with E-state index in [1.807, 2.05) is 0 Å². The van der Waals surface area contributed by atoms with Crippen molar-refractivity contribution >= 4 is 5.91 Å². The molecule has 2 aromatic heterocycles. The summed E-state index contributed by atoms with van der Waals surface area (Å²) >= 11 is 0. The summed E-state index contributed by atoms with van der Waals surface area (Å²) in [6.07, 6.45) is 3.74. The quantitative estimate of drug-likeness (QED) is 0.311. The molecule has 0 unspecified atom stereocenters. The molecule has 0 radical (unpaired) electrons. The first-order chi connectivity index (χ1) is 16.7. The zero-order valence-electron chi connectivity index (χ0n) is 19.2. The fraction of sp³-hybridized carbons (Fsp3) is 0.240. The second-order valence-electron chi connectivity index (χ2n) is 8.61. The number of nitrogens with zero attached hydrogens (tertiary/aromatic N) is 5. The number of amides is 1. The maximum atomic E-state index is 14.7. The van der Waals surface area contributed by atoms with Crippen LogP contribution in [0.5, 0.6) is 0 Å². The normalized spacial score (nSPS) is 15.4. The fourth-order valence-corrected chi connectivity index (χ4v) is 4.67. The smallest absolute Gasteiger partial charge is 0.257 e. The van der Waals surface area contributed by atoms with Gasteiger partial charge in [0.2, 0.25) is 0 Å². The fourth-order valence-electron chi connectivity index (χ4n) is 4.67. The van der Waals surface area contributed by atoms with Gasteiger partial charge >= 0.3 is 0 Å². The molecule has 0 bridgehead atoms. The Labute approximate surface area is 198 Å². The topological polar surface area (TPSA) is 56.0 Å². The second-order valence-corrected chi connectivity index (χ2v) is 8.61. The standard InChI is InChI=1S/C25H21F4N5O/c1-13-23-17(24(33(3)31-23)15-9-20(27)22(29)21(28)10-15)6-7-34(13)25(35)18-8-14(4-5-19(18)26)16-11-30-32(2)12-16/h4-5,8-13H,6-7H2,1-3H3/t13-/m0/s1. The highest BCUT2D eigenvalue weighted by Crippen LogP contribution is 2.37. The molecule has 1 aliphatic heterocycles. The lowest BCUT2D eigenvalue weighted by Crippen LogP contribution is -2.39. The molecule has 0 aliphatic carbocycles. The van der Waals surface area contributed by atoms with Crippen molar-refractivity contribution < 1.29 is 22.4 Å². The Bertz CT molecular complexity index is 1450. The SMILES string of the molecule is C[C@H]1c2nn(C)c(-c3cc(F)c(F)c(F)c3)c2CCN1C(=O)c1cc(-c2cnn(C)c2)ccc1F. The molecule has 0 spiro atoms. The van der Waals surface area contributed by atoms with E-state index in [9.17, 15) is 22.4 Å². The number of halogens is 4. The molecule has 0 fully saturated rings. The summed E-state index contributed by atoms with van der Waals surface area (Å²) in [5, 5.41) is 8.60. The van der Waals surface area contributed by atoms with E-state index in [4.69, 9.17) is 0 Å². The Morgan fingerprint density at radius 1 is 0.971 bits per heavy atom. The van der Waals surface area contributed by atoms with Gasteiger partial charge in [0.15, 0.2) is 17.5 Å². The van der Waals surface area contributed by atoms with E-state index in [-0.39, 0.29) is 17.7 Å². The van der Waals surface area contributed by atoms with Crippen LogP contribution in [-0.2, 0) is 20.5 Å². The van der Waals surface area contributed by atoms with Crippen molar-refractivity contribution in [1.29, 1.82) is 0 Å². The van der Waals surface area contributed by atoms with Gasteiger partial charge < -0.3 is 4.90 Å². The van der Waals surface area contributed by atoms with Crippen LogP contribution in [0.15, 0.2) is 42.7 Å². The zero-order valence-corrected chi connectivity index (χ0v) is 19.2. The Balaban J connectivity index is 1.50. The lowest BCUT2D eigenvalue weighted by Gasteiger charge is -2.33. The van der Waals surface area contributed by atoms with Gasteiger partial charge in [0.1, 0.15) is 5.82 Å². The van der Waals surface area contributed by atoms with Crippen LogP contribution in [0.4, 0.5) is 17.6 Å². The van der Waals surface area contributed by atoms with E-state index in [0.29, 0.717) is 28.9 Å². The molecule has 180 valence electrons. The predicted octanol–water partition coefficient (Wildman–Crippen LogP) is 4.80. The summed E-state index contributed by atoms with van der Waals surface area (Å²) in [5.74, 6) is -5.25. The molecule has 2 aromatic carbocycles. The third-order valence-electron chi connectivity index (χ3n) is 6.40. The Hall–Kier alpha value is -3.95. The van der Waals surface area contributed by atoms with Gasteiger partial charge in [-0.2, -0.15) is 10.2 Å². The molecule has 6 nitrogen and oxygen atoms in total. The van der Waals surface area contributed by atoms with Gasteiger partial charge in [0.05, 0.1) is 29.2 Å². The number of benzene rings is 2. The van der Waals surface area contributed by atoms with E-state index >= 15 is 0 Å². The highest BCUT2D eigenvalue weighted by molar-refractivity contribution is 5.96. The third kappa shape index (κ3) is 3.78. The lowest BCUT2D eigenvalue weighted by molar-refractivity contribution is 0.0669. The van der Waals surface area contributed by atoms with Crippen LogP contribution < -0.4 is 0 Å². The van der Waals surface area contributed by atoms with Crippen LogP contribution in [0.1, 0.15) is 34.6 Å². The summed E-state index contributed by atoms with van der Waals surface area (Å²) < 4.78 is 59.0. The third-order valence-corrected chi connectivity index (χ3v) is 6.40. The number of fused-ring (bicyclic) bond motifs is 1. The number of hydrogen-bond donors (Lipinski definition) is 0. The maximum absolute atomic E-state index is 14.7. The Morgan fingerprint density at radius 2 is 1.69 bits per heavy atom. The van der Waals surface area contributed by atoms with E-state index in [1.165, 1.54) is 21.7 Å². The second kappa shape index (κ2) is 8.37. The average molecular weight is 483 g/mol. The minimum Gasteiger partial charge on any atom is -0.330 e. The molecule has 1 atom stereocenters. The van der Waals surface area contributed by atoms with Gasteiger partial charge in [-0.25, -0.2) is 17.6 Å². The monoisotopic (exact) mass is 483 g/mol. The molecule has 1 amide bonds. The zero-order chi connectivity index (χ0) is 25.0. The number of hydrogen-bond acceptors (Lipinski definition) is 3. The number of carbonyl (C=O) groups excluding carboxylic acids is 1. The average Bonchev–Trinajstić information content (AvgIpc) is 3.40. The van der Waals surface area contributed by atoms with Gasteiger partial charge in [0, 0.05) is 43.5 Å². The lowest BCUT2D eigenvalue weighted by atomic mass is 9.94. The summed E-state index contributed by atoms with van der Waals surface area (Å²) in [4.78, 5) is 14.9. The van der Waals surface area contributed by atoms with Crippen molar-refractivity contribution in [3.05, 3.63) is 82.8 Å². The van der Waals surface area contributed by atoms with E-state index in [1.54, 1.807) is 44.2 Å². The molecule has 35 heavy (non-hydrogen) atoms. The van der Waals surface area contributed by atoms with Crippen LogP contribution in [-0.4, -0.2) is 36.9 Å². The number of aryl methyl sites for hydroxylation is 2. The van der Waals surface area contributed by atoms with Gasteiger partial charge in [-0.1, -0.05) is 6.07 Å². The summed E-state index contributed by atoms with van der Waals surface area (Å²) in [6.45, 7) is 2.01. The van der Waals surface area contributed by atoms with Crippen molar-refractivity contribution in [2.45, 2.75) is 19.4 Å². The number of rotatable bonds is 3. The van der Waals surface area contributed by atoms with Crippen LogP contribution in [0.3, 0.4) is 0 Å². The van der Waals surface area contributed by atoms with Crippen LogP contribution in [0.2, 0.25) is 0 Å². The molecular formula is C25H21F4N5O. The molecule has 4 aromatic rings. The van der Waals surface area contributed by atoms with Gasteiger partial charge in [-0.05, 0) is 43.2 Å². The van der Waals surface area contributed by atoms with E-state index in [0.717, 1.165) is 17.7 Å². The molecule has 0 saturated heterocycles. The van der Waals surface area contributed by atoms with Crippen LogP contribution >= 0.6 is 0 Å². The van der Waals surface area contributed by atoms with Crippen molar-refractivity contribution in [2.24, 2.45) is 14.1 Å². The summed E-state index contributed by atoms with van der Waals surface area (Å²) in [7, 11) is 3.38. The first-order valence-corrected chi connectivity index (χ1v) is 11.0. The highest BCUT2D eigenvalue weighted by atomic mass is 19.2. The minimum absolute atomic E-state index is 0.0690. The molecule has 1 aliphatic rings. The maximum Gasteiger partial charge on any atom is 0.257 e. The van der Waals surface area contributed by atoms with Gasteiger partial charge in [-0.15, -0.1) is 0 Å². The van der Waals surface area contributed by atoms with Gasteiger partial charge in [0.25, 0.3) is 5.91 Å². The minimum atomic E-state index is -1.54. The van der Waals surface area contributed by atoms with E-state index < -0.39 is 35.2 Å². The van der Waals surface area contributed by atoms with Crippen molar-refractivity contribution in [2.75, 3.05) is 6.54 Å². The molecule has 10 heteroatoms. The van der Waals surface area contributed by atoms with E-state index in [2.05, 4.69) is 10.2 Å². The van der Waals surface area contributed by atoms with Crippen LogP contribution in [0, 0.1) is 23.3 Å². The molecule has 0 saturated carbocycles. The van der Waals surface area contributed by atoms with Crippen LogP contribution in [0.25, 0.3) is 22.4 Å². The Kier molecular flexibility index (Phi) is 5.46. The molecular weight excluding hydrogens is 462 g/mol. The molecule has 3 heterocycles. The van der Waals surface area contributed by atoms with Crippen molar-refractivity contribution in [3.63, 3.8) is 0 Å². The first-order valence-electron chi connectivity index (χ1n) is 11.0. The Morgan fingerprint density at radius 3 is 2.34 bits per heavy atom. The van der Waals surface area contributed by atoms with Gasteiger partial charge in [-0.3, -0.25) is 14.2 Å². The molecule has 5 rings (SSSR count). The number of carbonyl (C=O) groups is 1. The number of aromatic nitrogens is 4. The summed E-state index contributed by atoms with van der Waals surface area (Å²) in [6, 6.07) is 5.68. The van der Waals surface area contributed by atoms with Crippen molar-refractivity contribution in [1.82, 2.24) is 24.5 Å². The largest absolute Gasteiger partial charge is 0.330 e. The summed E-state index contributed by atoms with van der Waals surface area (Å²) in [5.41, 5.74) is 3.19. The predicted molar refractivity (Wildman–Crippen MR) is 120 cm³/mol.